The van der Waals surface area contributed by atoms with Gasteiger partial charge in [-0.15, -0.1) is 0 Å². The first-order valence-electron chi connectivity index (χ1n) is 5.10. The van der Waals surface area contributed by atoms with E-state index in [9.17, 15) is 0 Å². The lowest BCUT2D eigenvalue weighted by atomic mass is 9.99. The standard InChI is InChI=1S/C14H12Cl2/c1-9-3-5-12(10(2)7-9)13-8-11(15)4-6-14(13)16/h3-8H,1-2H3. The zero-order valence-corrected chi connectivity index (χ0v) is 10.7. The first-order chi connectivity index (χ1) is 7.58. The molecule has 0 heterocycles. The van der Waals surface area contributed by atoms with Crippen LogP contribution in [-0.2, 0) is 0 Å². The van der Waals surface area contributed by atoms with Crippen LogP contribution < -0.4 is 0 Å². The number of hydrogen-bond donors (Lipinski definition) is 0. The molecule has 0 fully saturated rings. The van der Waals surface area contributed by atoms with Gasteiger partial charge in [0.1, 0.15) is 0 Å². The molecule has 0 saturated heterocycles. The topological polar surface area (TPSA) is 0 Å². The molecule has 0 N–H and O–H groups in total. The molecule has 0 bridgehead atoms. The van der Waals surface area contributed by atoms with Crippen molar-refractivity contribution in [1.82, 2.24) is 0 Å². The third-order valence-electron chi connectivity index (χ3n) is 2.60. The van der Waals surface area contributed by atoms with E-state index in [-0.39, 0.29) is 0 Å². The summed E-state index contributed by atoms with van der Waals surface area (Å²) < 4.78 is 0. The van der Waals surface area contributed by atoms with E-state index in [2.05, 4.69) is 32.0 Å². The second kappa shape index (κ2) is 4.48. The highest BCUT2D eigenvalue weighted by Crippen LogP contribution is 2.32. The van der Waals surface area contributed by atoms with Gasteiger partial charge in [-0.2, -0.15) is 0 Å². The maximum absolute atomic E-state index is 6.18. The van der Waals surface area contributed by atoms with Crippen LogP contribution in [0.15, 0.2) is 36.4 Å². The van der Waals surface area contributed by atoms with Crippen LogP contribution in [-0.4, -0.2) is 0 Å². The smallest absolute Gasteiger partial charge is 0.0485 e. The Labute approximate surface area is 106 Å². The van der Waals surface area contributed by atoms with Gasteiger partial charge in [0.15, 0.2) is 0 Å². The van der Waals surface area contributed by atoms with Crippen molar-refractivity contribution >= 4 is 23.2 Å². The minimum absolute atomic E-state index is 0.708. The highest BCUT2D eigenvalue weighted by molar-refractivity contribution is 6.35. The molecular formula is C14H12Cl2. The van der Waals surface area contributed by atoms with Crippen molar-refractivity contribution in [3.8, 4) is 11.1 Å². The quantitative estimate of drug-likeness (QED) is 0.647. The fraction of sp³-hybridized carbons (Fsp3) is 0.143. The third-order valence-corrected chi connectivity index (χ3v) is 3.17. The number of rotatable bonds is 1. The average Bonchev–Trinajstić information content (AvgIpc) is 2.22. The third kappa shape index (κ3) is 2.23. The Morgan fingerprint density at radius 3 is 2.25 bits per heavy atom. The van der Waals surface area contributed by atoms with Crippen molar-refractivity contribution in [1.29, 1.82) is 0 Å². The zero-order chi connectivity index (χ0) is 11.7. The van der Waals surface area contributed by atoms with Gasteiger partial charge >= 0.3 is 0 Å². The lowest BCUT2D eigenvalue weighted by Crippen LogP contribution is -1.86. The van der Waals surface area contributed by atoms with Crippen LogP contribution in [0.1, 0.15) is 11.1 Å². The van der Waals surface area contributed by atoms with E-state index in [0.717, 1.165) is 16.1 Å². The molecule has 2 aromatic rings. The van der Waals surface area contributed by atoms with Gasteiger partial charge in [-0.05, 0) is 43.2 Å². The van der Waals surface area contributed by atoms with Gasteiger partial charge in [-0.3, -0.25) is 0 Å². The van der Waals surface area contributed by atoms with Crippen LogP contribution in [0.2, 0.25) is 10.0 Å². The van der Waals surface area contributed by atoms with Gasteiger partial charge < -0.3 is 0 Å². The normalized spacial score (nSPS) is 10.5. The van der Waals surface area contributed by atoms with Crippen molar-refractivity contribution in [2.24, 2.45) is 0 Å². The Bertz CT molecular complexity index is 530. The van der Waals surface area contributed by atoms with E-state index >= 15 is 0 Å². The van der Waals surface area contributed by atoms with E-state index in [1.165, 1.54) is 11.1 Å². The van der Waals surface area contributed by atoms with Crippen molar-refractivity contribution in [3.05, 3.63) is 57.6 Å². The molecule has 0 amide bonds. The maximum Gasteiger partial charge on any atom is 0.0485 e. The molecule has 16 heavy (non-hydrogen) atoms. The molecule has 0 saturated carbocycles. The second-order valence-corrected chi connectivity index (χ2v) is 4.79. The molecular weight excluding hydrogens is 239 g/mol. The van der Waals surface area contributed by atoms with Crippen molar-refractivity contribution in [2.75, 3.05) is 0 Å². The predicted molar refractivity (Wildman–Crippen MR) is 71.4 cm³/mol. The van der Waals surface area contributed by atoms with Crippen LogP contribution in [0, 0.1) is 13.8 Å². The summed E-state index contributed by atoms with van der Waals surface area (Å²) in [6, 6.07) is 11.9. The largest absolute Gasteiger partial charge is 0.0843 e. The molecule has 2 aromatic carbocycles. The number of aryl methyl sites for hydroxylation is 2. The zero-order valence-electron chi connectivity index (χ0n) is 9.22. The van der Waals surface area contributed by atoms with Gasteiger partial charge in [-0.1, -0.05) is 47.0 Å². The van der Waals surface area contributed by atoms with Crippen LogP contribution in [0.3, 0.4) is 0 Å². The molecule has 82 valence electrons. The van der Waals surface area contributed by atoms with Gasteiger partial charge in [-0.25, -0.2) is 0 Å². The van der Waals surface area contributed by atoms with E-state index in [1.807, 2.05) is 12.1 Å². The molecule has 0 spiro atoms. The predicted octanol–water partition coefficient (Wildman–Crippen LogP) is 5.28. The molecule has 2 heteroatoms. The van der Waals surface area contributed by atoms with E-state index < -0.39 is 0 Å². The van der Waals surface area contributed by atoms with Crippen LogP contribution >= 0.6 is 23.2 Å². The van der Waals surface area contributed by atoms with Gasteiger partial charge in [0.05, 0.1) is 0 Å². The maximum atomic E-state index is 6.18. The first kappa shape index (κ1) is 11.5. The Kier molecular flexibility index (Phi) is 3.22. The number of benzene rings is 2. The van der Waals surface area contributed by atoms with Crippen molar-refractivity contribution in [3.63, 3.8) is 0 Å². The molecule has 0 unspecified atom stereocenters. The second-order valence-electron chi connectivity index (χ2n) is 3.94. The Hall–Kier alpha value is -0.980. The van der Waals surface area contributed by atoms with Crippen molar-refractivity contribution in [2.45, 2.75) is 13.8 Å². The number of halogens is 2. The molecule has 0 radical (unpaired) electrons. The molecule has 0 atom stereocenters. The summed E-state index contributed by atoms with van der Waals surface area (Å²) in [5.74, 6) is 0. The summed E-state index contributed by atoms with van der Waals surface area (Å²) in [6.45, 7) is 4.16. The monoisotopic (exact) mass is 250 g/mol. The molecule has 0 aliphatic heterocycles. The van der Waals surface area contributed by atoms with Gasteiger partial charge in [0, 0.05) is 15.6 Å². The molecule has 0 aliphatic carbocycles. The van der Waals surface area contributed by atoms with E-state index in [1.54, 1.807) is 6.07 Å². The summed E-state index contributed by atoms with van der Waals surface area (Å²) in [5, 5.41) is 1.44. The lowest BCUT2D eigenvalue weighted by Gasteiger charge is -2.09. The van der Waals surface area contributed by atoms with Gasteiger partial charge in [0.2, 0.25) is 0 Å². The highest BCUT2D eigenvalue weighted by atomic mass is 35.5. The average molecular weight is 251 g/mol. The Morgan fingerprint density at radius 2 is 1.56 bits per heavy atom. The van der Waals surface area contributed by atoms with E-state index in [0.29, 0.717) is 5.02 Å². The highest BCUT2D eigenvalue weighted by Gasteiger charge is 2.07. The molecule has 0 aromatic heterocycles. The van der Waals surface area contributed by atoms with Crippen LogP contribution in [0.4, 0.5) is 0 Å². The SMILES string of the molecule is Cc1ccc(-c2cc(Cl)ccc2Cl)c(C)c1. The summed E-state index contributed by atoms with van der Waals surface area (Å²) in [6.07, 6.45) is 0. The summed E-state index contributed by atoms with van der Waals surface area (Å²) in [4.78, 5) is 0. The van der Waals surface area contributed by atoms with Crippen molar-refractivity contribution < 1.29 is 0 Å². The molecule has 0 nitrogen and oxygen atoms in total. The lowest BCUT2D eigenvalue weighted by molar-refractivity contribution is 1.38. The van der Waals surface area contributed by atoms with Gasteiger partial charge in [0.25, 0.3) is 0 Å². The Balaban J connectivity index is 2.62. The van der Waals surface area contributed by atoms with Crippen LogP contribution in [0.5, 0.6) is 0 Å². The first-order valence-corrected chi connectivity index (χ1v) is 5.86. The van der Waals surface area contributed by atoms with E-state index in [4.69, 9.17) is 23.2 Å². The van der Waals surface area contributed by atoms with Crippen LogP contribution in [0.25, 0.3) is 11.1 Å². The Morgan fingerprint density at radius 1 is 0.812 bits per heavy atom. The fourth-order valence-corrected chi connectivity index (χ4v) is 2.21. The summed E-state index contributed by atoms with van der Waals surface area (Å²) >= 11 is 12.2. The summed E-state index contributed by atoms with van der Waals surface area (Å²) in [5.41, 5.74) is 4.59. The minimum atomic E-state index is 0.708. The minimum Gasteiger partial charge on any atom is -0.0843 e. The number of hydrogen-bond acceptors (Lipinski definition) is 0. The fourth-order valence-electron chi connectivity index (χ4n) is 1.82. The molecule has 0 aliphatic rings. The molecule has 2 rings (SSSR count). The summed E-state index contributed by atoms with van der Waals surface area (Å²) in [7, 11) is 0.